The number of nitrogens with one attached hydrogen (secondary N) is 1. The Hall–Kier alpha value is -1.36. The summed E-state index contributed by atoms with van der Waals surface area (Å²) >= 11 is 3.46. The van der Waals surface area contributed by atoms with E-state index >= 15 is 0 Å². The molecule has 3 nitrogen and oxygen atoms in total. The van der Waals surface area contributed by atoms with Gasteiger partial charge in [-0.2, -0.15) is 0 Å². The van der Waals surface area contributed by atoms with E-state index in [1.54, 1.807) is 7.11 Å². The summed E-state index contributed by atoms with van der Waals surface area (Å²) in [5, 5.41) is 0. The van der Waals surface area contributed by atoms with Crippen molar-refractivity contribution in [2.24, 2.45) is 5.84 Å². The largest absolute Gasteiger partial charge is 0.496 e. The summed E-state index contributed by atoms with van der Waals surface area (Å²) in [6.45, 7) is 4.23. The van der Waals surface area contributed by atoms with E-state index in [-0.39, 0.29) is 6.04 Å². The monoisotopic (exact) mass is 348 g/mol. The van der Waals surface area contributed by atoms with Crippen LogP contribution in [0.2, 0.25) is 0 Å². The molecule has 0 bridgehead atoms. The number of methoxy groups -OCH3 is 1. The number of benzene rings is 2. The van der Waals surface area contributed by atoms with Crippen LogP contribution < -0.4 is 16.0 Å². The maximum Gasteiger partial charge on any atom is 0.124 e. The van der Waals surface area contributed by atoms with Crippen LogP contribution in [0.4, 0.5) is 0 Å². The summed E-state index contributed by atoms with van der Waals surface area (Å²) in [6, 6.07) is 12.6. The molecule has 2 aromatic carbocycles. The highest BCUT2D eigenvalue weighted by Gasteiger charge is 2.16. The molecular weight excluding hydrogens is 328 g/mol. The second kappa shape index (κ2) is 7.07. The van der Waals surface area contributed by atoms with Crippen molar-refractivity contribution in [3.63, 3.8) is 0 Å². The zero-order valence-electron chi connectivity index (χ0n) is 12.6. The minimum Gasteiger partial charge on any atom is -0.496 e. The lowest BCUT2D eigenvalue weighted by Crippen LogP contribution is -2.30. The van der Waals surface area contributed by atoms with Crippen LogP contribution in [-0.2, 0) is 6.42 Å². The van der Waals surface area contributed by atoms with Crippen molar-refractivity contribution in [1.82, 2.24) is 5.43 Å². The molecule has 0 aliphatic carbocycles. The molecule has 0 aliphatic rings. The van der Waals surface area contributed by atoms with Gasteiger partial charge in [0.15, 0.2) is 0 Å². The molecule has 0 radical (unpaired) electrons. The van der Waals surface area contributed by atoms with Crippen LogP contribution in [0.3, 0.4) is 0 Å². The van der Waals surface area contributed by atoms with Crippen LogP contribution in [0.25, 0.3) is 0 Å². The van der Waals surface area contributed by atoms with E-state index in [1.807, 2.05) is 18.2 Å². The van der Waals surface area contributed by atoms with E-state index < -0.39 is 0 Å². The Morgan fingerprint density at radius 2 is 1.81 bits per heavy atom. The lowest BCUT2D eigenvalue weighted by molar-refractivity contribution is 0.398. The highest BCUT2D eigenvalue weighted by molar-refractivity contribution is 9.10. The van der Waals surface area contributed by atoms with Crippen LogP contribution in [-0.4, -0.2) is 7.11 Å². The Kier molecular flexibility index (Phi) is 5.39. The third kappa shape index (κ3) is 4.06. The molecule has 112 valence electrons. The van der Waals surface area contributed by atoms with Crippen molar-refractivity contribution < 1.29 is 4.74 Å². The zero-order chi connectivity index (χ0) is 15.4. The van der Waals surface area contributed by atoms with E-state index in [0.717, 1.165) is 22.2 Å². The Bertz CT molecular complexity index is 608. The molecule has 0 saturated carbocycles. The molecule has 1 unspecified atom stereocenters. The summed E-state index contributed by atoms with van der Waals surface area (Å²) in [4.78, 5) is 0. The number of hydrogen-bond acceptors (Lipinski definition) is 3. The van der Waals surface area contributed by atoms with E-state index in [1.165, 1.54) is 16.7 Å². The highest BCUT2D eigenvalue weighted by Crippen LogP contribution is 2.30. The van der Waals surface area contributed by atoms with Crippen LogP contribution >= 0.6 is 15.9 Å². The first-order valence-electron chi connectivity index (χ1n) is 6.90. The van der Waals surface area contributed by atoms with Crippen LogP contribution in [0, 0.1) is 13.8 Å². The first-order chi connectivity index (χ1) is 10.0. The molecule has 0 fully saturated rings. The first-order valence-corrected chi connectivity index (χ1v) is 7.69. The minimum atomic E-state index is 0.00856. The summed E-state index contributed by atoms with van der Waals surface area (Å²) in [6.07, 6.45) is 0.816. The van der Waals surface area contributed by atoms with Crippen molar-refractivity contribution >= 4 is 15.9 Å². The molecule has 3 N–H and O–H groups in total. The van der Waals surface area contributed by atoms with Gasteiger partial charge in [0.1, 0.15) is 5.75 Å². The maximum absolute atomic E-state index is 5.77. The SMILES string of the molecule is COc1cc(Br)ccc1C(Cc1cc(C)cc(C)c1)NN. The number of ether oxygens (including phenoxy) is 1. The maximum atomic E-state index is 5.77. The Morgan fingerprint density at radius 1 is 1.14 bits per heavy atom. The fourth-order valence-corrected chi connectivity index (χ4v) is 2.99. The molecule has 0 aliphatic heterocycles. The average molecular weight is 349 g/mol. The van der Waals surface area contributed by atoms with E-state index in [4.69, 9.17) is 10.6 Å². The number of rotatable bonds is 5. The number of aryl methyl sites for hydroxylation is 2. The van der Waals surface area contributed by atoms with Crippen molar-refractivity contribution in [1.29, 1.82) is 0 Å². The highest BCUT2D eigenvalue weighted by atomic mass is 79.9. The van der Waals surface area contributed by atoms with Crippen molar-refractivity contribution in [2.45, 2.75) is 26.3 Å². The standard InChI is InChI=1S/C17H21BrN2O/c1-11-6-12(2)8-13(7-11)9-16(20-19)15-5-4-14(18)10-17(15)21-3/h4-8,10,16,20H,9,19H2,1-3H3. The Balaban J connectivity index is 2.31. The number of hydrogen-bond donors (Lipinski definition) is 2. The molecule has 2 aromatic rings. The van der Waals surface area contributed by atoms with Crippen molar-refractivity contribution in [3.05, 3.63) is 63.1 Å². The molecule has 21 heavy (non-hydrogen) atoms. The van der Waals surface area contributed by atoms with Gasteiger partial charge in [0.2, 0.25) is 0 Å². The molecule has 4 heteroatoms. The summed E-state index contributed by atoms with van der Waals surface area (Å²) < 4.78 is 6.46. The lowest BCUT2D eigenvalue weighted by Gasteiger charge is -2.20. The average Bonchev–Trinajstić information content (AvgIpc) is 2.44. The Morgan fingerprint density at radius 3 is 2.38 bits per heavy atom. The number of hydrazine groups is 1. The van der Waals surface area contributed by atoms with Crippen LogP contribution in [0.5, 0.6) is 5.75 Å². The van der Waals surface area contributed by atoms with Gasteiger partial charge in [-0.05, 0) is 38.0 Å². The van der Waals surface area contributed by atoms with Crippen molar-refractivity contribution in [2.75, 3.05) is 7.11 Å². The van der Waals surface area contributed by atoms with E-state index in [2.05, 4.69) is 53.4 Å². The summed E-state index contributed by atoms with van der Waals surface area (Å²) in [5.74, 6) is 6.60. The molecule has 0 heterocycles. The quantitative estimate of drug-likeness (QED) is 0.637. The third-order valence-corrected chi connectivity index (χ3v) is 3.99. The van der Waals surface area contributed by atoms with Gasteiger partial charge in [0.05, 0.1) is 13.2 Å². The van der Waals surface area contributed by atoms with Gasteiger partial charge in [-0.3, -0.25) is 11.3 Å². The summed E-state index contributed by atoms with van der Waals surface area (Å²) in [5.41, 5.74) is 7.76. The molecule has 2 rings (SSSR count). The van der Waals surface area contributed by atoms with E-state index in [0.29, 0.717) is 0 Å². The molecule has 0 saturated heterocycles. The predicted molar refractivity (Wildman–Crippen MR) is 90.4 cm³/mol. The van der Waals surface area contributed by atoms with Crippen LogP contribution in [0.1, 0.15) is 28.3 Å². The minimum absolute atomic E-state index is 0.00856. The number of halogens is 1. The van der Waals surface area contributed by atoms with Gasteiger partial charge in [-0.25, -0.2) is 0 Å². The fourth-order valence-electron chi connectivity index (χ4n) is 2.65. The topological polar surface area (TPSA) is 47.3 Å². The van der Waals surface area contributed by atoms with Gasteiger partial charge in [-0.1, -0.05) is 51.3 Å². The summed E-state index contributed by atoms with van der Waals surface area (Å²) in [7, 11) is 1.68. The number of nitrogens with two attached hydrogens (primary N) is 1. The molecule has 1 atom stereocenters. The Labute approximate surface area is 134 Å². The second-order valence-electron chi connectivity index (χ2n) is 5.31. The van der Waals surface area contributed by atoms with Crippen molar-refractivity contribution in [3.8, 4) is 5.75 Å². The lowest BCUT2D eigenvalue weighted by atomic mass is 9.96. The molecule has 0 spiro atoms. The fraction of sp³-hybridized carbons (Fsp3) is 0.294. The smallest absolute Gasteiger partial charge is 0.124 e. The predicted octanol–water partition coefficient (Wildman–Crippen LogP) is 3.82. The van der Waals surface area contributed by atoms with E-state index in [9.17, 15) is 0 Å². The van der Waals surface area contributed by atoms with Crippen LogP contribution in [0.15, 0.2) is 40.9 Å². The second-order valence-corrected chi connectivity index (χ2v) is 6.22. The van der Waals surface area contributed by atoms with Gasteiger partial charge in [0.25, 0.3) is 0 Å². The van der Waals surface area contributed by atoms with Gasteiger partial charge < -0.3 is 4.74 Å². The molecule has 0 aromatic heterocycles. The molecule has 0 amide bonds. The van der Waals surface area contributed by atoms with Gasteiger partial charge in [-0.15, -0.1) is 0 Å². The molecular formula is C17H21BrN2O. The zero-order valence-corrected chi connectivity index (χ0v) is 14.2. The normalized spacial score (nSPS) is 12.2. The van der Waals surface area contributed by atoms with Gasteiger partial charge >= 0.3 is 0 Å². The third-order valence-electron chi connectivity index (χ3n) is 3.49. The van der Waals surface area contributed by atoms with Gasteiger partial charge in [0, 0.05) is 10.0 Å². The first kappa shape index (κ1) is 16.0.